The minimum Gasteiger partial charge on any atom is -0.451 e. The van der Waals surface area contributed by atoms with E-state index in [-0.39, 0.29) is 10.5 Å². The number of thioether (sulfide) groups is 1. The smallest absolute Gasteiger partial charge is 0.333 e. The summed E-state index contributed by atoms with van der Waals surface area (Å²) in [5.74, 6) is -0.451. The Morgan fingerprint density at radius 2 is 1.62 bits per heavy atom. The molecule has 2 fully saturated rings. The number of carbonyl (C=O) groups excluding carboxylic acids is 2. The number of hydrogen-bond donors (Lipinski definition) is 0. The average Bonchev–Trinajstić information content (AvgIpc) is 2.84. The molecule has 2 saturated heterocycles. The second-order valence-electron chi connectivity index (χ2n) is 5.96. The molecule has 0 N–H and O–H groups in total. The molecular formula is C19H17NO3S. The molecule has 0 spiro atoms. The van der Waals surface area contributed by atoms with Crippen LogP contribution in [-0.2, 0) is 14.3 Å². The van der Waals surface area contributed by atoms with Gasteiger partial charge in [-0.15, -0.1) is 0 Å². The van der Waals surface area contributed by atoms with Gasteiger partial charge in [0.05, 0.1) is 5.37 Å². The summed E-state index contributed by atoms with van der Waals surface area (Å²) in [6.07, 6.45) is 0.457. The predicted molar refractivity (Wildman–Crippen MR) is 92.3 cm³/mol. The fourth-order valence-corrected chi connectivity index (χ4v) is 4.35. The number of esters is 1. The van der Waals surface area contributed by atoms with Crippen molar-refractivity contribution in [2.24, 2.45) is 0 Å². The molecule has 122 valence electrons. The molecule has 2 heterocycles. The highest BCUT2D eigenvalue weighted by Crippen LogP contribution is 2.40. The molecule has 2 atom stereocenters. The van der Waals surface area contributed by atoms with Crippen molar-refractivity contribution in [3.05, 3.63) is 71.8 Å². The highest BCUT2D eigenvalue weighted by molar-refractivity contribution is 8.14. The number of rotatable bonds is 4. The van der Waals surface area contributed by atoms with Gasteiger partial charge in [-0.2, -0.15) is 0 Å². The first-order valence-electron chi connectivity index (χ1n) is 8.00. The van der Waals surface area contributed by atoms with Crippen molar-refractivity contribution in [2.45, 2.75) is 23.9 Å². The zero-order chi connectivity index (χ0) is 16.5. The molecule has 2 aromatic rings. The van der Waals surface area contributed by atoms with Crippen molar-refractivity contribution in [2.75, 3.05) is 6.54 Å². The Morgan fingerprint density at radius 3 is 2.08 bits per heavy atom. The Bertz CT molecular complexity index is 710. The highest BCUT2D eigenvalue weighted by Gasteiger charge is 2.51. The summed E-state index contributed by atoms with van der Waals surface area (Å²) in [7, 11) is 0. The predicted octanol–water partition coefficient (Wildman–Crippen LogP) is 2.99. The molecule has 0 bridgehead atoms. The van der Waals surface area contributed by atoms with Crippen LogP contribution >= 0.6 is 11.8 Å². The fourth-order valence-electron chi connectivity index (χ4n) is 3.14. The molecule has 2 unspecified atom stereocenters. The van der Waals surface area contributed by atoms with E-state index in [1.165, 1.54) is 11.8 Å². The summed E-state index contributed by atoms with van der Waals surface area (Å²) < 4.78 is 5.81. The van der Waals surface area contributed by atoms with Gasteiger partial charge in [-0.25, -0.2) is 4.79 Å². The van der Waals surface area contributed by atoms with Crippen LogP contribution in [0.3, 0.4) is 0 Å². The SMILES string of the molecule is O=C(OC(c1ccccc1)c1ccccc1)C1C(=O)SC2CCN21. The van der Waals surface area contributed by atoms with Crippen LogP contribution in [0.5, 0.6) is 0 Å². The van der Waals surface area contributed by atoms with Gasteiger partial charge in [-0.1, -0.05) is 72.4 Å². The van der Waals surface area contributed by atoms with E-state index in [1.807, 2.05) is 65.6 Å². The first-order chi connectivity index (χ1) is 11.7. The molecule has 0 saturated carbocycles. The lowest BCUT2D eigenvalue weighted by atomic mass is 10.0. The van der Waals surface area contributed by atoms with Crippen LogP contribution in [0.1, 0.15) is 23.7 Å². The monoisotopic (exact) mass is 339 g/mol. The Hall–Kier alpha value is -2.11. The van der Waals surface area contributed by atoms with Crippen LogP contribution in [0.25, 0.3) is 0 Å². The van der Waals surface area contributed by atoms with E-state index in [2.05, 4.69) is 0 Å². The van der Waals surface area contributed by atoms with Crippen molar-refractivity contribution in [3.8, 4) is 0 Å². The molecule has 4 nitrogen and oxygen atoms in total. The topological polar surface area (TPSA) is 46.6 Å². The number of nitrogens with zero attached hydrogens (tertiary/aromatic N) is 1. The van der Waals surface area contributed by atoms with Gasteiger partial charge >= 0.3 is 5.97 Å². The standard InChI is InChI=1S/C19H17NO3S/c21-18(16-19(22)24-15-11-12-20(15)16)23-17(13-7-3-1-4-8-13)14-9-5-2-6-10-14/h1-10,15-17H,11-12H2. The Balaban J connectivity index is 1.60. The zero-order valence-corrected chi connectivity index (χ0v) is 13.8. The lowest BCUT2D eigenvalue weighted by Crippen LogP contribution is -2.51. The van der Waals surface area contributed by atoms with Crippen LogP contribution in [0, 0.1) is 0 Å². The second-order valence-corrected chi connectivity index (χ2v) is 7.14. The molecular weight excluding hydrogens is 322 g/mol. The van der Waals surface area contributed by atoms with E-state index in [9.17, 15) is 9.59 Å². The summed E-state index contributed by atoms with van der Waals surface area (Å²) in [5.41, 5.74) is 1.80. The van der Waals surface area contributed by atoms with Gasteiger partial charge in [0.15, 0.2) is 12.1 Å². The molecule has 4 rings (SSSR count). The zero-order valence-electron chi connectivity index (χ0n) is 13.0. The Kier molecular flexibility index (Phi) is 4.12. The fraction of sp³-hybridized carbons (Fsp3) is 0.263. The third-order valence-electron chi connectivity index (χ3n) is 4.47. The second kappa shape index (κ2) is 6.42. The van der Waals surface area contributed by atoms with E-state index in [0.717, 1.165) is 24.1 Å². The number of benzene rings is 2. The van der Waals surface area contributed by atoms with Crippen LogP contribution in [-0.4, -0.2) is 33.9 Å². The average molecular weight is 339 g/mol. The van der Waals surface area contributed by atoms with Crippen LogP contribution in [0.2, 0.25) is 0 Å². The summed E-state index contributed by atoms with van der Waals surface area (Å²) >= 11 is 1.26. The molecule has 0 amide bonds. The molecule has 2 aliphatic heterocycles. The van der Waals surface area contributed by atoms with E-state index in [0.29, 0.717) is 0 Å². The summed E-state index contributed by atoms with van der Waals surface area (Å²) in [6, 6.07) is 18.5. The van der Waals surface area contributed by atoms with E-state index in [1.54, 1.807) is 0 Å². The first kappa shape index (κ1) is 15.4. The summed E-state index contributed by atoms with van der Waals surface area (Å²) in [4.78, 5) is 26.8. The number of ether oxygens (including phenoxy) is 1. The lowest BCUT2D eigenvalue weighted by Gasteiger charge is -2.35. The van der Waals surface area contributed by atoms with Crippen molar-refractivity contribution in [1.29, 1.82) is 0 Å². The maximum Gasteiger partial charge on any atom is 0.333 e. The normalized spacial score (nSPS) is 23.0. The van der Waals surface area contributed by atoms with Crippen molar-refractivity contribution in [3.63, 3.8) is 0 Å². The molecule has 5 heteroatoms. The Morgan fingerprint density at radius 1 is 1.04 bits per heavy atom. The first-order valence-corrected chi connectivity index (χ1v) is 8.88. The summed E-state index contributed by atoms with van der Waals surface area (Å²) in [5, 5.41) is 0.0596. The van der Waals surface area contributed by atoms with Gasteiger partial charge in [-0.05, 0) is 17.5 Å². The molecule has 2 aliphatic rings. The van der Waals surface area contributed by atoms with Crippen LogP contribution < -0.4 is 0 Å². The Labute approximate surface area is 144 Å². The maximum absolute atomic E-state index is 12.7. The minimum absolute atomic E-state index is 0.0950. The molecule has 2 aromatic carbocycles. The quantitative estimate of drug-likeness (QED) is 0.633. The largest absolute Gasteiger partial charge is 0.451 e. The third kappa shape index (κ3) is 2.74. The van der Waals surface area contributed by atoms with Gasteiger partial charge < -0.3 is 4.74 Å². The van der Waals surface area contributed by atoms with Crippen LogP contribution in [0.15, 0.2) is 60.7 Å². The van der Waals surface area contributed by atoms with Gasteiger partial charge in [0, 0.05) is 6.54 Å². The number of fused-ring (bicyclic) bond motifs is 1. The number of carbonyl (C=O) groups is 2. The maximum atomic E-state index is 12.7. The van der Waals surface area contributed by atoms with E-state index < -0.39 is 18.1 Å². The molecule has 0 radical (unpaired) electrons. The molecule has 24 heavy (non-hydrogen) atoms. The van der Waals surface area contributed by atoms with Gasteiger partial charge in [0.25, 0.3) is 0 Å². The number of hydrogen-bond acceptors (Lipinski definition) is 5. The van der Waals surface area contributed by atoms with E-state index in [4.69, 9.17) is 4.74 Å². The lowest BCUT2D eigenvalue weighted by molar-refractivity contribution is -0.156. The molecule has 0 aliphatic carbocycles. The van der Waals surface area contributed by atoms with Crippen molar-refractivity contribution < 1.29 is 14.3 Å². The van der Waals surface area contributed by atoms with Gasteiger partial charge in [0.1, 0.15) is 0 Å². The van der Waals surface area contributed by atoms with Crippen LogP contribution in [0.4, 0.5) is 0 Å². The van der Waals surface area contributed by atoms with Gasteiger partial charge in [0.2, 0.25) is 5.12 Å². The van der Waals surface area contributed by atoms with Crippen molar-refractivity contribution >= 4 is 22.8 Å². The minimum atomic E-state index is -0.760. The van der Waals surface area contributed by atoms with Gasteiger partial charge in [-0.3, -0.25) is 9.69 Å². The van der Waals surface area contributed by atoms with Crippen molar-refractivity contribution in [1.82, 2.24) is 4.90 Å². The third-order valence-corrected chi connectivity index (χ3v) is 5.71. The highest BCUT2D eigenvalue weighted by atomic mass is 32.2. The molecule has 0 aromatic heterocycles. The summed E-state index contributed by atoms with van der Waals surface area (Å²) in [6.45, 7) is 0.782. The van der Waals surface area contributed by atoms with E-state index >= 15 is 0 Å².